The minimum absolute atomic E-state index is 0.0176. The number of methoxy groups -OCH3 is 1. The molecule has 1 aromatic heterocycles. The standard InChI is InChI=1S/C23H22N4O5S/c1-3-20-21(15-6-9-18(31-2)17(28)12-15)26-27(23(30)33-20)13-14-4-7-16(8-5-14)25-22(29)19-10-11-24-32-19/h4-12,20,28H,3,13H2,1-2H3,(H,25,29). The molecule has 0 radical (unpaired) electrons. The maximum atomic E-state index is 12.7. The lowest BCUT2D eigenvalue weighted by Crippen LogP contribution is -2.34. The van der Waals surface area contributed by atoms with Crippen LogP contribution in [0.25, 0.3) is 0 Å². The number of ether oxygens (including phenoxy) is 1. The molecular weight excluding hydrogens is 444 g/mol. The van der Waals surface area contributed by atoms with Gasteiger partial charge in [-0.3, -0.25) is 9.59 Å². The number of carbonyl (C=O) groups is 2. The van der Waals surface area contributed by atoms with Crippen LogP contribution in [0.5, 0.6) is 11.5 Å². The van der Waals surface area contributed by atoms with Crippen LogP contribution in [0, 0.1) is 0 Å². The highest BCUT2D eigenvalue weighted by atomic mass is 32.2. The molecule has 170 valence electrons. The topological polar surface area (TPSA) is 117 Å². The molecule has 2 N–H and O–H groups in total. The number of benzene rings is 2. The van der Waals surface area contributed by atoms with E-state index in [-0.39, 0.29) is 28.5 Å². The second-order valence-electron chi connectivity index (χ2n) is 7.24. The largest absolute Gasteiger partial charge is 0.504 e. The Labute approximate surface area is 194 Å². The van der Waals surface area contributed by atoms with Crippen molar-refractivity contribution >= 4 is 34.3 Å². The van der Waals surface area contributed by atoms with E-state index in [0.717, 1.165) is 23.3 Å². The van der Waals surface area contributed by atoms with Gasteiger partial charge in [-0.1, -0.05) is 36.0 Å². The van der Waals surface area contributed by atoms with Gasteiger partial charge in [0, 0.05) is 17.3 Å². The van der Waals surface area contributed by atoms with E-state index < -0.39 is 5.91 Å². The first-order valence-corrected chi connectivity index (χ1v) is 11.1. The number of aromatic hydroxyl groups is 1. The highest BCUT2D eigenvalue weighted by molar-refractivity contribution is 8.14. The molecule has 9 nitrogen and oxygen atoms in total. The summed E-state index contributed by atoms with van der Waals surface area (Å²) in [4.78, 5) is 24.8. The number of nitrogens with zero attached hydrogens (tertiary/aromatic N) is 3. The fourth-order valence-corrected chi connectivity index (χ4v) is 4.27. The minimum atomic E-state index is -0.398. The maximum absolute atomic E-state index is 12.7. The first-order valence-electron chi connectivity index (χ1n) is 10.2. The third kappa shape index (κ3) is 5.01. The molecule has 10 heteroatoms. The van der Waals surface area contributed by atoms with Crippen LogP contribution >= 0.6 is 11.8 Å². The Kier molecular flexibility index (Phi) is 6.64. The molecule has 2 amide bonds. The van der Waals surface area contributed by atoms with E-state index in [2.05, 4.69) is 15.6 Å². The number of aromatic nitrogens is 1. The number of nitrogens with one attached hydrogen (secondary N) is 1. The van der Waals surface area contributed by atoms with Gasteiger partial charge < -0.3 is 19.7 Å². The third-order valence-electron chi connectivity index (χ3n) is 5.04. The molecule has 1 aliphatic rings. The summed E-state index contributed by atoms with van der Waals surface area (Å²) < 4.78 is 9.96. The number of anilines is 1. The van der Waals surface area contributed by atoms with Gasteiger partial charge in [-0.05, 0) is 42.3 Å². The first-order chi connectivity index (χ1) is 16.0. The summed E-state index contributed by atoms with van der Waals surface area (Å²) in [6, 6.07) is 13.7. The van der Waals surface area contributed by atoms with E-state index in [0.29, 0.717) is 11.4 Å². The fourth-order valence-electron chi connectivity index (χ4n) is 3.34. The average molecular weight is 467 g/mol. The number of rotatable bonds is 7. The SMILES string of the molecule is CCC1SC(=O)N(Cc2ccc(NC(=O)c3ccno3)cc2)N=C1c1ccc(OC)c(O)c1. The van der Waals surface area contributed by atoms with E-state index in [1.165, 1.54) is 36.1 Å². The van der Waals surface area contributed by atoms with Crippen molar-refractivity contribution in [1.29, 1.82) is 0 Å². The number of phenols is 1. The van der Waals surface area contributed by atoms with Crippen molar-refractivity contribution in [1.82, 2.24) is 10.2 Å². The predicted molar refractivity (Wildman–Crippen MR) is 125 cm³/mol. The summed E-state index contributed by atoms with van der Waals surface area (Å²) in [6.07, 6.45) is 2.12. The Hall–Kier alpha value is -3.79. The lowest BCUT2D eigenvalue weighted by Gasteiger charge is -2.28. The van der Waals surface area contributed by atoms with Gasteiger partial charge in [0.15, 0.2) is 11.5 Å². The molecule has 0 bridgehead atoms. The quantitative estimate of drug-likeness (QED) is 0.527. The van der Waals surface area contributed by atoms with Gasteiger partial charge in [-0.25, -0.2) is 5.01 Å². The Bertz CT molecular complexity index is 1180. The number of thioether (sulfide) groups is 1. The van der Waals surface area contributed by atoms with Crippen molar-refractivity contribution < 1.29 is 24.0 Å². The maximum Gasteiger partial charge on any atom is 0.302 e. The normalized spacial score (nSPS) is 15.8. The number of phenolic OH excluding ortho intramolecular Hbond substituents is 1. The van der Waals surface area contributed by atoms with E-state index in [4.69, 9.17) is 9.26 Å². The minimum Gasteiger partial charge on any atom is -0.504 e. The molecule has 2 heterocycles. The Morgan fingerprint density at radius 3 is 2.67 bits per heavy atom. The average Bonchev–Trinajstić information content (AvgIpc) is 3.36. The molecule has 0 fully saturated rings. The summed E-state index contributed by atoms with van der Waals surface area (Å²) in [5.74, 6) is 0.112. The van der Waals surface area contributed by atoms with Crippen molar-refractivity contribution in [3.8, 4) is 11.5 Å². The summed E-state index contributed by atoms with van der Waals surface area (Å²) in [6.45, 7) is 2.26. The smallest absolute Gasteiger partial charge is 0.302 e. The molecule has 0 saturated carbocycles. The van der Waals surface area contributed by atoms with Crippen LogP contribution in [0.4, 0.5) is 10.5 Å². The molecule has 0 saturated heterocycles. The van der Waals surface area contributed by atoms with E-state index >= 15 is 0 Å². The Balaban J connectivity index is 1.51. The van der Waals surface area contributed by atoms with Gasteiger partial charge in [0.2, 0.25) is 5.76 Å². The van der Waals surface area contributed by atoms with Crippen LogP contribution in [-0.2, 0) is 6.54 Å². The predicted octanol–water partition coefficient (Wildman–Crippen LogP) is 4.49. The molecule has 33 heavy (non-hydrogen) atoms. The molecule has 1 aliphatic heterocycles. The van der Waals surface area contributed by atoms with Crippen molar-refractivity contribution in [2.45, 2.75) is 25.1 Å². The summed E-state index contributed by atoms with van der Waals surface area (Å²) in [5.41, 5.74) is 2.88. The van der Waals surface area contributed by atoms with Gasteiger partial charge in [0.1, 0.15) is 0 Å². The molecule has 1 unspecified atom stereocenters. The second kappa shape index (κ2) is 9.78. The zero-order chi connectivity index (χ0) is 23.4. The van der Waals surface area contributed by atoms with Crippen LogP contribution in [0.15, 0.2) is 64.4 Å². The van der Waals surface area contributed by atoms with Crippen molar-refractivity contribution in [2.24, 2.45) is 5.10 Å². The first kappa shape index (κ1) is 22.4. The number of amides is 2. The van der Waals surface area contributed by atoms with Gasteiger partial charge in [-0.2, -0.15) is 5.10 Å². The van der Waals surface area contributed by atoms with E-state index in [1.54, 1.807) is 24.3 Å². The van der Waals surface area contributed by atoms with E-state index in [1.807, 2.05) is 25.1 Å². The molecule has 0 aliphatic carbocycles. The monoisotopic (exact) mass is 466 g/mol. The van der Waals surface area contributed by atoms with Gasteiger partial charge in [0.05, 0.1) is 30.8 Å². The lowest BCUT2D eigenvalue weighted by atomic mass is 10.0. The fraction of sp³-hybridized carbons (Fsp3) is 0.217. The van der Waals surface area contributed by atoms with Crippen LogP contribution in [0.1, 0.15) is 35.0 Å². The van der Waals surface area contributed by atoms with Crippen LogP contribution in [-0.4, -0.2) is 44.5 Å². The molecule has 2 aromatic carbocycles. The zero-order valence-corrected chi connectivity index (χ0v) is 18.8. The lowest BCUT2D eigenvalue weighted by molar-refractivity contribution is 0.0988. The Morgan fingerprint density at radius 1 is 1.24 bits per heavy atom. The van der Waals surface area contributed by atoms with Crippen molar-refractivity contribution in [3.05, 3.63) is 71.6 Å². The van der Waals surface area contributed by atoms with Crippen molar-refractivity contribution in [3.63, 3.8) is 0 Å². The number of hydrogen-bond acceptors (Lipinski definition) is 8. The van der Waals surface area contributed by atoms with E-state index in [9.17, 15) is 14.7 Å². The van der Waals surface area contributed by atoms with Gasteiger partial charge in [0.25, 0.3) is 5.91 Å². The molecular formula is C23H22N4O5S. The third-order valence-corrected chi connectivity index (χ3v) is 6.29. The number of hydrogen-bond donors (Lipinski definition) is 2. The molecule has 1 atom stereocenters. The number of carbonyl (C=O) groups excluding carboxylic acids is 2. The number of hydrazone groups is 1. The van der Waals surface area contributed by atoms with Crippen molar-refractivity contribution in [2.75, 3.05) is 12.4 Å². The molecule has 0 spiro atoms. The highest BCUT2D eigenvalue weighted by Gasteiger charge is 2.30. The molecule has 4 rings (SSSR count). The van der Waals surface area contributed by atoms with Crippen LogP contribution < -0.4 is 10.1 Å². The summed E-state index contributed by atoms with van der Waals surface area (Å²) in [7, 11) is 1.49. The van der Waals surface area contributed by atoms with Crippen LogP contribution in [0.3, 0.4) is 0 Å². The molecule has 3 aromatic rings. The second-order valence-corrected chi connectivity index (χ2v) is 8.39. The summed E-state index contributed by atoms with van der Waals surface area (Å²) in [5, 5.41) is 22.2. The van der Waals surface area contributed by atoms with Gasteiger partial charge in [-0.15, -0.1) is 0 Å². The Morgan fingerprint density at radius 2 is 2.03 bits per heavy atom. The zero-order valence-electron chi connectivity index (χ0n) is 18.0. The van der Waals surface area contributed by atoms with Crippen LogP contribution in [0.2, 0.25) is 0 Å². The summed E-state index contributed by atoms with van der Waals surface area (Å²) >= 11 is 1.21. The van der Waals surface area contributed by atoms with Gasteiger partial charge >= 0.3 is 5.24 Å². The highest BCUT2D eigenvalue weighted by Crippen LogP contribution is 2.33.